The van der Waals surface area contributed by atoms with Crippen LogP contribution in [0.4, 0.5) is 13.2 Å². The third-order valence-corrected chi connectivity index (χ3v) is 3.79. The van der Waals surface area contributed by atoms with Crippen molar-refractivity contribution in [2.24, 2.45) is 5.92 Å². The van der Waals surface area contributed by atoms with E-state index in [-0.39, 0.29) is 5.92 Å². The van der Waals surface area contributed by atoms with Crippen molar-refractivity contribution in [3.05, 3.63) is 64.3 Å². The fourth-order valence-corrected chi connectivity index (χ4v) is 2.47. The maximum atomic E-state index is 12.6. The van der Waals surface area contributed by atoms with Gasteiger partial charge in [0.05, 0.1) is 5.56 Å². The first-order valence-electron chi connectivity index (χ1n) is 6.67. The van der Waals surface area contributed by atoms with Crippen molar-refractivity contribution in [2.75, 3.05) is 6.61 Å². The summed E-state index contributed by atoms with van der Waals surface area (Å²) in [5, 5.41) is 0. The van der Waals surface area contributed by atoms with E-state index in [1.165, 1.54) is 12.1 Å². The van der Waals surface area contributed by atoms with Crippen LogP contribution in [0.25, 0.3) is 5.57 Å². The molecule has 1 unspecified atom stereocenters. The van der Waals surface area contributed by atoms with Gasteiger partial charge in [-0.2, -0.15) is 13.2 Å². The molecule has 0 N–H and O–H groups in total. The standard InChI is InChI=1S/C17H13F3O/c1-11(16-10-21-16)14-4-2-3-5-15(14)12-6-8-13(9-7-12)17(18,19)20/h2,6-9,14H,4,10H2,1H3/b16-11-. The Morgan fingerprint density at radius 1 is 1.24 bits per heavy atom. The second-order valence-electron chi connectivity index (χ2n) is 5.15. The van der Waals surface area contributed by atoms with Crippen LogP contribution in [-0.4, -0.2) is 6.61 Å². The monoisotopic (exact) mass is 290 g/mol. The van der Waals surface area contributed by atoms with E-state index in [9.17, 15) is 13.2 Å². The van der Waals surface area contributed by atoms with Crippen molar-refractivity contribution in [3.8, 4) is 0 Å². The number of allylic oxidation sites excluding steroid dienone is 3. The minimum absolute atomic E-state index is 0.0977. The van der Waals surface area contributed by atoms with Crippen molar-refractivity contribution >= 4 is 5.57 Å². The van der Waals surface area contributed by atoms with Gasteiger partial charge in [0.15, 0.2) is 0 Å². The minimum atomic E-state index is -4.31. The topological polar surface area (TPSA) is 12.5 Å². The van der Waals surface area contributed by atoms with Crippen molar-refractivity contribution in [3.63, 3.8) is 0 Å². The van der Waals surface area contributed by atoms with Crippen molar-refractivity contribution in [2.45, 2.75) is 19.5 Å². The molecule has 0 bridgehead atoms. The van der Waals surface area contributed by atoms with Crippen LogP contribution in [0.1, 0.15) is 24.5 Å². The van der Waals surface area contributed by atoms with E-state index in [4.69, 9.17) is 4.74 Å². The molecule has 1 nitrogen and oxygen atoms in total. The fraction of sp³-hybridized carbons (Fsp3) is 0.294. The molecule has 108 valence electrons. The van der Waals surface area contributed by atoms with Crippen LogP contribution in [0.5, 0.6) is 0 Å². The molecule has 1 aromatic rings. The SMILES string of the molecule is C/C(=C1\CO1)C1CC=C=C=C1c1ccc(C(F)(F)F)cc1. The molecule has 1 aliphatic heterocycles. The fourth-order valence-electron chi connectivity index (χ4n) is 2.47. The van der Waals surface area contributed by atoms with Gasteiger partial charge in [0, 0.05) is 11.5 Å². The van der Waals surface area contributed by atoms with Gasteiger partial charge in [0.1, 0.15) is 12.4 Å². The van der Waals surface area contributed by atoms with E-state index >= 15 is 0 Å². The Kier molecular flexibility index (Phi) is 3.29. The van der Waals surface area contributed by atoms with Gasteiger partial charge in [0.25, 0.3) is 0 Å². The zero-order chi connectivity index (χ0) is 15.0. The largest absolute Gasteiger partial charge is 0.486 e. The number of hydrogen-bond donors (Lipinski definition) is 0. The van der Waals surface area contributed by atoms with E-state index in [1.807, 2.05) is 13.0 Å². The average Bonchev–Trinajstić information content (AvgIpc) is 3.30. The van der Waals surface area contributed by atoms with Gasteiger partial charge in [-0.1, -0.05) is 23.6 Å². The van der Waals surface area contributed by atoms with E-state index in [0.717, 1.165) is 41.0 Å². The molecule has 3 rings (SSSR count). The Morgan fingerprint density at radius 2 is 1.90 bits per heavy atom. The van der Waals surface area contributed by atoms with Gasteiger partial charge in [-0.05, 0) is 42.7 Å². The minimum Gasteiger partial charge on any atom is -0.486 e. The predicted molar refractivity (Wildman–Crippen MR) is 73.2 cm³/mol. The molecule has 1 atom stereocenters. The molecule has 0 saturated carbocycles. The number of hydrogen-bond acceptors (Lipinski definition) is 1. The van der Waals surface area contributed by atoms with Crippen LogP contribution in [0, 0.1) is 5.92 Å². The van der Waals surface area contributed by atoms with E-state index in [2.05, 4.69) is 11.5 Å². The quantitative estimate of drug-likeness (QED) is 0.567. The van der Waals surface area contributed by atoms with Crippen molar-refractivity contribution in [1.29, 1.82) is 0 Å². The van der Waals surface area contributed by atoms with Gasteiger partial charge in [-0.15, -0.1) is 0 Å². The predicted octanol–water partition coefficient (Wildman–Crippen LogP) is 4.72. The van der Waals surface area contributed by atoms with E-state index in [0.29, 0.717) is 6.61 Å². The highest BCUT2D eigenvalue weighted by molar-refractivity contribution is 5.70. The van der Waals surface area contributed by atoms with Crippen LogP contribution in [0.3, 0.4) is 0 Å². The third-order valence-electron chi connectivity index (χ3n) is 3.79. The van der Waals surface area contributed by atoms with Crippen LogP contribution in [0.2, 0.25) is 0 Å². The molecular weight excluding hydrogens is 277 g/mol. The summed E-state index contributed by atoms with van der Waals surface area (Å²) >= 11 is 0. The Hall–Kier alpha value is -2.15. The van der Waals surface area contributed by atoms with Gasteiger partial charge in [0.2, 0.25) is 0 Å². The lowest BCUT2D eigenvalue weighted by Gasteiger charge is -2.19. The first-order chi connectivity index (χ1) is 9.97. The molecule has 0 radical (unpaired) electrons. The smallest absolute Gasteiger partial charge is 0.416 e. The molecule has 0 spiro atoms. The number of epoxide rings is 1. The summed E-state index contributed by atoms with van der Waals surface area (Å²) in [5.74, 6) is 1.07. The van der Waals surface area contributed by atoms with Gasteiger partial charge in [-0.3, -0.25) is 0 Å². The molecule has 1 heterocycles. The summed E-state index contributed by atoms with van der Waals surface area (Å²) in [6, 6.07) is 5.21. The van der Waals surface area contributed by atoms with Gasteiger partial charge in [-0.25, -0.2) is 0 Å². The molecule has 2 aliphatic rings. The maximum Gasteiger partial charge on any atom is 0.416 e. The summed E-state index contributed by atoms with van der Waals surface area (Å²) in [6.07, 6.45) is -1.65. The third kappa shape index (κ3) is 2.82. The highest BCUT2D eigenvalue weighted by atomic mass is 19.4. The van der Waals surface area contributed by atoms with E-state index < -0.39 is 11.7 Å². The Morgan fingerprint density at radius 3 is 2.48 bits per heavy atom. The maximum absolute atomic E-state index is 12.6. The van der Waals surface area contributed by atoms with Crippen LogP contribution in [0.15, 0.2) is 53.1 Å². The lowest BCUT2D eigenvalue weighted by atomic mass is 9.83. The number of rotatable bonds is 2. The summed E-state index contributed by atoms with van der Waals surface area (Å²) in [4.78, 5) is 0. The number of ether oxygens (including phenoxy) is 1. The summed E-state index contributed by atoms with van der Waals surface area (Å²) in [5.41, 5.74) is 8.07. The number of alkyl halides is 3. The highest BCUT2D eigenvalue weighted by Gasteiger charge is 2.31. The Balaban J connectivity index is 1.96. The molecule has 0 aromatic heterocycles. The van der Waals surface area contributed by atoms with Crippen LogP contribution < -0.4 is 0 Å². The highest BCUT2D eigenvalue weighted by Crippen LogP contribution is 2.38. The average molecular weight is 290 g/mol. The summed E-state index contributed by atoms with van der Waals surface area (Å²) in [7, 11) is 0. The first kappa shape index (κ1) is 13.8. The molecule has 1 aliphatic carbocycles. The first-order valence-corrected chi connectivity index (χ1v) is 6.67. The Labute approximate surface area is 120 Å². The normalized spacial score (nSPS) is 22.7. The van der Waals surface area contributed by atoms with Gasteiger partial charge >= 0.3 is 6.18 Å². The second kappa shape index (κ2) is 5.00. The molecule has 1 saturated heterocycles. The molecule has 4 heteroatoms. The molecule has 0 amide bonds. The zero-order valence-corrected chi connectivity index (χ0v) is 11.4. The number of halogens is 3. The summed E-state index contributed by atoms with van der Waals surface area (Å²) < 4.78 is 43.1. The number of benzene rings is 1. The van der Waals surface area contributed by atoms with Crippen molar-refractivity contribution in [1.82, 2.24) is 0 Å². The lowest BCUT2D eigenvalue weighted by molar-refractivity contribution is -0.137. The zero-order valence-electron chi connectivity index (χ0n) is 11.4. The van der Waals surface area contributed by atoms with Crippen LogP contribution in [-0.2, 0) is 10.9 Å². The summed E-state index contributed by atoms with van der Waals surface area (Å²) in [6.45, 7) is 2.65. The lowest BCUT2D eigenvalue weighted by Crippen LogP contribution is -2.08. The Bertz CT molecular complexity index is 689. The van der Waals surface area contributed by atoms with Crippen molar-refractivity contribution < 1.29 is 17.9 Å². The van der Waals surface area contributed by atoms with Crippen LogP contribution >= 0.6 is 0 Å². The molecule has 21 heavy (non-hydrogen) atoms. The molecular formula is C17H13F3O. The van der Waals surface area contributed by atoms with E-state index in [1.54, 1.807) is 0 Å². The molecule has 1 fully saturated rings. The second-order valence-corrected chi connectivity index (χ2v) is 5.15. The van der Waals surface area contributed by atoms with Gasteiger partial charge < -0.3 is 4.74 Å². The molecule has 1 aromatic carbocycles.